The van der Waals surface area contributed by atoms with Gasteiger partial charge in [-0.25, -0.2) is 9.38 Å². The molecule has 3 heterocycles. The summed E-state index contributed by atoms with van der Waals surface area (Å²) in [5.41, 5.74) is 1.83. The Morgan fingerprint density at radius 3 is 2.74 bits per heavy atom. The molecular formula is C21H23N5O. The SMILES string of the molecule is CN(Cc1ccco1)c1nc2ccccc2c2nnc(C3CCCCC3)n12. The summed E-state index contributed by atoms with van der Waals surface area (Å²) in [6, 6.07) is 12.1. The molecule has 1 saturated carbocycles. The maximum atomic E-state index is 5.54. The zero-order valence-electron chi connectivity index (χ0n) is 15.5. The van der Waals surface area contributed by atoms with Gasteiger partial charge in [-0.2, -0.15) is 0 Å². The van der Waals surface area contributed by atoms with Gasteiger partial charge in [-0.15, -0.1) is 10.2 Å². The first kappa shape index (κ1) is 16.3. The van der Waals surface area contributed by atoms with E-state index in [1.165, 1.54) is 32.1 Å². The van der Waals surface area contributed by atoms with Crippen LogP contribution in [0.2, 0.25) is 0 Å². The monoisotopic (exact) mass is 361 g/mol. The van der Waals surface area contributed by atoms with Crippen LogP contribution in [0.4, 0.5) is 5.95 Å². The fraction of sp³-hybridized carbons (Fsp3) is 0.381. The van der Waals surface area contributed by atoms with Crippen molar-refractivity contribution in [2.45, 2.75) is 44.6 Å². The number of anilines is 1. The van der Waals surface area contributed by atoms with E-state index < -0.39 is 0 Å². The summed E-state index contributed by atoms with van der Waals surface area (Å²) in [5, 5.41) is 10.3. The molecule has 0 atom stereocenters. The third-order valence-electron chi connectivity index (χ3n) is 5.54. The van der Waals surface area contributed by atoms with E-state index in [-0.39, 0.29) is 0 Å². The van der Waals surface area contributed by atoms with Crippen molar-refractivity contribution in [3.8, 4) is 0 Å². The van der Waals surface area contributed by atoms with Crippen molar-refractivity contribution >= 4 is 22.5 Å². The van der Waals surface area contributed by atoms with E-state index in [0.717, 1.165) is 34.1 Å². The standard InChI is InChI=1S/C21H23N5O/c1-25(14-16-10-7-13-27-16)21-22-18-12-6-5-11-17(18)20-24-23-19(26(20)21)15-8-3-2-4-9-15/h5-7,10-13,15H,2-4,8-9,14H2,1H3. The first-order valence-corrected chi connectivity index (χ1v) is 9.68. The lowest BCUT2D eigenvalue weighted by atomic mass is 9.89. The van der Waals surface area contributed by atoms with Crippen LogP contribution in [-0.4, -0.2) is 26.6 Å². The van der Waals surface area contributed by atoms with Gasteiger partial charge in [-0.3, -0.25) is 0 Å². The van der Waals surface area contributed by atoms with E-state index in [4.69, 9.17) is 9.40 Å². The Morgan fingerprint density at radius 2 is 1.93 bits per heavy atom. The van der Waals surface area contributed by atoms with Crippen LogP contribution in [0.1, 0.15) is 49.6 Å². The minimum absolute atomic E-state index is 0.451. The van der Waals surface area contributed by atoms with Gasteiger partial charge in [0.15, 0.2) is 5.65 Å². The van der Waals surface area contributed by atoms with E-state index in [0.29, 0.717) is 12.5 Å². The smallest absolute Gasteiger partial charge is 0.213 e. The van der Waals surface area contributed by atoms with E-state index >= 15 is 0 Å². The Balaban J connectivity index is 1.69. The summed E-state index contributed by atoms with van der Waals surface area (Å²) >= 11 is 0. The maximum Gasteiger partial charge on any atom is 0.213 e. The van der Waals surface area contributed by atoms with Crippen LogP contribution in [-0.2, 0) is 6.54 Å². The Labute approximate surface area is 157 Å². The molecule has 4 aromatic rings. The van der Waals surface area contributed by atoms with Crippen LogP contribution in [0.15, 0.2) is 47.1 Å². The summed E-state index contributed by atoms with van der Waals surface area (Å²) in [7, 11) is 2.05. The third kappa shape index (κ3) is 2.85. The quantitative estimate of drug-likeness (QED) is 0.533. The molecule has 0 amide bonds. The van der Waals surface area contributed by atoms with Gasteiger partial charge >= 0.3 is 0 Å². The Hall–Kier alpha value is -2.89. The Morgan fingerprint density at radius 1 is 1.07 bits per heavy atom. The lowest BCUT2D eigenvalue weighted by molar-refractivity contribution is 0.426. The number of aromatic nitrogens is 4. The lowest BCUT2D eigenvalue weighted by Gasteiger charge is -2.23. The number of fused-ring (bicyclic) bond motifs is 3. The largest absolute Gasteiger partial charge is 0.467 e. The maximum absolute atomic E-state index is 5.54. The van der Waals surface area contributed by atoms with Crippen molar-refractivity contribution in [1.82, 2.24) is 19.6 Å². The van der Waals surface area contributed by atoms with Gasteiger partial charge in [0.1, 0.15) is 11.6 Å². The minimum Gasteiger partial charge on any atom is -0.467 e. The number of nitrogens with zero attached hydrogens (tertiary/aromatic N) is 5. The first-order chi connectivity index (χ1) is 13.3. The molecule has 6 heteroatoms. The van der Waals surface area contributed by atoms with Gasteiger partial charge in [0.2, 0.25) is 5.95 Å². The van der Waals surface area contributed by atoms with Crippen molar-refractivity contribution < 1.29 is 4.42 Å². The van der Waals surface area contributed by atoms with Gasteiger partial charge in [0.25, 0.3) is 0 Å². The van der Waals surface area contributed by atoms with E-state index in [1.54, 1.807) is 6.26 Å². The number of para-hydroxylation sites is 1. The molecule has 5 rings (SSSR count). The Bertz CT molecular complexity index is 1060. The summed E-state index contributed by atoms with van der Waals surface area (Å²) in [6.45, 7) is 0.649. The molecule has 0 N–H and O–H groups in total. The van der Waals surface area contributed by atoms with Gasteiger partial charge in [-0.1, -0.05) is 31.4 Å². The lowest BCUT2D eigenvalue weighted by Crippen LogP contribution is -2.22. The van der Waals surface area contributed by atoms with Gasteiger partial charge < -0.3 is 9.32 Å². The van der Waals surface area contributed by atoms with Crippen LogP contribution >= 0.6 is 0 Å². The fourth-order valence-corrected chi connectivity index (χ4v) is 4.17. The van der Waals surface area contributed by atoms with Crippen LogP contribution < -0.4 is 4.90 Å². The number of benzene rings is 1. The second-order valence-corrected chi connectivity index (χ2v) is 7.42. The van der Waals surface area contributed by atoms with Crippen molar-refractivity contribution in [3.05, 3.63) is 54.2 Å². The van der Waals surface area contributed by atoms with Crippen molar-refractivity contribution in [2.75, 3.05) is 11.9 Å². The molecule has 0 radical (unpaired) electrons. The molecule has 138 valence electrons. The second-order valence-electron chi connectivity index (χ2n) is 7.42. The molecule has 27 heavy (non-hydrogen) atoms. The highest BCUT2D eigenvalue weighted by Crippen LogP contribution is 2.34. The molecule has 0 unspecified atom stereocenters. The van der Waals surface area contributed by atoms with Crippen molar-refractivity contribution in [2.24, 2.45) is 0 Å². The number of hydrogen-bond donors (Lipinski definition) is 0. The number of rotatable bonds is 4. The van der Waals surface area contributed by atoms with Gasteiger partial charge in [0, 0.05) is 18.4 Å². The summed E-state index contributed by atoms with van der Waals surface area (Å²) in [6.07, 6.45) is 7.90. The molecule has 0 bridgehead atoms. The third-order valence-corrected chi connectivity index (χ3v) is 5.54. The number of hydrogen-bond acceptors (Lipinski definition) is 5. The Kier molecular flexibility index (Phi) is 4.03. The van der Waals surface area contributed by atoms with Crippen molar-refractivity contribution in [1.29, 1.82) is 0 Å². The van der Waals surface area contributed by atoms with Crippen LogP contribution in [0.3, 0.4) is 0 Å². The zero-order chi connectivity index (χ0) is 18.2. The normalized spacial score (nSPS) is 15.6. The molecule has 1 aliphatic carbocycles. The van der Waals surface area contributed by atoms with E-state index in [2.05, 4.69) is 25.6 Å². The average Bonchev–Trinajstić information content (AvgIpc) is 3.38. The molecule has 6 nitrogen and oxygen atoms in total. The van der Waals surface area contributed by atoms with Crippen LogP contribution in [0, 0.1) is 0 Å². The average molecular weight is 361 g/mol. The fourth-order valence-electron chi connectivity index (χ4n) is 4.17. The van der Waals surface area contributed by atoms with Gasteiger partial charge in [-0.05, 0) is 37.1 Å². The molecule has 1 fully saturated rings. The summed E-state index contributed by atoms with van der Waals surface area (Å²) < 4.78 is 7.71. The zero-order valence-corrected chi connectivity index (χ0v) is 15.5. The first-order valence-electron chi connectivity index (χ1n) is 9.68. The molecule has 0 saturated heterocycles. The molecular weight excluding hydrogens is 338 g/mol. The summed E-state index contributed by atoms with van der Waals surface area (Å²) in [5.74, 6) is 3.27. The highest BCUT2D eigenvalue weighted by Gasteiger charge is 2.25. The number of furan rings is 1. The summed E-state index contributed by atoms with van der Waals surface area (Å²) in [4.78, 5) is 7.10. The molecule has 1 aromatic carbocycles. The van der Waals surface area contributed by atoms with Gasteiger partial charge in [0.05, 0.1) is 18.3 Å². The van der Waals surface area contributed by atoms with E-state index in [9.17, 15) is 0 Å². The van der Waals surface area contributed by atoms with Crippen molar-refractivity contribution in [3.63, 3.8) is 0 Å². The second kappa shape index (κ2) is 6.68. The minimum atomic E-state index is 0.451. The highest BCUT2D eigenvalue weighted by molar-refractivity contribution is 5.92. The van der Waals surface area contributed by atoms with Crippen LogP contribution in [0.25, 0.3) is 16.6 Å². The van der Waals surface area contributed by atoms with E-state index in [1.807, 2.05) is 37.4 Å². The topological polar surface area (TPSA) is 59.5 Å². The molecule has 1 aliphatic rings. The molecule has 0 aliphatic heterocycles. The molecule has 3 aromatic heterocycles. The highest BCUT2D eigenvalue weighted by atomic mass is 16.3. The predicted octanol–water partition coefficient (Wildman–Crippen LogP) is 4.55. The predicted molar refractivity (Wildman–Crippen MR) is 105 cm³/mol. The molecule has 0 spiro atoms. The van der Waals surface area contributed by atoms with Crippen LogP contribution in [0.5, 0.6) is 0 Å².